The van der Waals surface area contributed by atoms with Crippen LogP contribution in [0.25, 0.3) is 10.2 Å². The van der Waals surface area contributed by atoms with Gasteiger partial charge >= 0.3 is 0 Å². The Morgan fingerprint density at radius 3 is 3.00 bits per heavy atom. The minimum atomic E-state index is -0.409. The van der Waals surface area contributed by atoms with E-state index in [-0.39, 0.29) is 5.92 Å². The van der Waals surface area contributed by atoms with Gasteiger partial charge in [0, 0.05) is 28.3 Å². The molecule has 2 N–H and O–H groups in total. The molecule has 0 saturated carbocycles. The van der Waals surface area contributed by atoms with Gasteiger partial charge in [-0.25, -0.2) is 4.98 Å². The predicted octanol–water partition coefficient (Wildman–Crippen LogP) is 6.07. The van der Waals surface area contributed by atoms with Crippen molar-refractivity contribution in [1.29, 1.82) is 0 Å². The van der Waals surface area contributed by atoms with E-state index in [1.54, 1.807) is 22.7 Å². The first-order valence-electron chi connectivity index (χ1n) is 8.01. The lowest BCUT2D eigenvalue weighted by Crippen LogP contribution is -2.13. The number of thiophene rings is 2. The Kier molecular flexibility index (Phi) is 5.02. The smallest absolute Gasteiger partial charge is 0.131 e. The number of hydrogen-bond donors (Lipinski definition) is 2. The molecule has 7 heteroatoms. The first-order chi connectivity index (χ1) is 12.1. The van der Waals surface area contributed by atoms with Crippen molar-refractivity contribution >= 4 is 61.8 Å². The summed E-state index contributed by atoms with van der Waals surface area (Å²) in [5.41, 5.74) is 1.69. The third-order valence-corrected chi connectivity index (χ3v) is 7.23. The number of aliphatic hydroxyl groups is 1. The second-order valence-electron chi connectivity index (χ2n) is 6.05. The summed E-state index contributed by atoms with van der Waals surface area (Å²) in [6.07, 6.45) is 5.04. The molecule has 2 atom stereocenters. The molecule has 1 aliphatic rings. The van der Waals surface area contributed by atoms with Crippen molar-refractivity contribution in [2.45, 2.75) is 31.4 Å². The van der Waals surface area contributed by atoms with Crippen molar-refractivity contribution in [3.63, 3.8) is 0 Å². The third kappa shape index (κ3) is 3.57. The van der Waals surface area contributed by atoms with Crippen LogP contribution in [-0.2, 0) is 6.54 Å². The first-order valence-corrected chi connectivity index (χ1v) is 10.5. The number of aromatic nitrogens is 1. The average Bonchev–Trinajstić information content (AvgIpc) is 3.21. The summed E-state index contributed by atoms with van der Waals surface area (Å²) in [7, 11) is 0. The molecule has 0 fully saturated rings. The average molecular weight is 411 g/mol. The number of hydrogen-bond acceptors (Lipinski definition) is 5. The molecule has 3 heterocycles. The highest BCUT2D eigenvalue weighted by molar-refractivity contribution is 7.20. The van der Waals surface area contributed by atoms with E-state index in [2.05, 4.69) is 21.7 Å². The van der Waals surface area contributed by atoms with Crippen molar-refractivity contribution in [3.05, 3.63) is 55.7 Å². The van der Waals surface area contributed by atoms with E-state index in [0.717, 1.165) is 33.7 Å². The monoisotopic (exact) mass is 410 g/mol. The zero-order valence-electron chi connectivity index (χ0n) is 13.2. The summed E-state index contributed by atoms with van der Waals surface area (Å²) in [5, 5.41) is 16.5. The van der Waals surface area contributed by atoms with Crippen LogP contribution in [0.1, 0.15) is 28.5 Å². The van der Waals surface area contributed by atoms with Gasteiger partial charge in [0.2, 0.25) is 0 Å². The largest absolute Gasteiger partial charge is 0.389 e. The molecule has 3 aromatic heterocycles. The van der Waals surface area contributed by atoms with Crippen molar-refractivity contribution in [3.8, 4) is 0 Å². The fraction of sp³-hybridized carbons (Fsp3) is 0.278. The van der Waals surface area contributed by atoms with Crippen LogP contribution in [0.3, 0.4) is 0 Å². The maximum atomic E-state index is 9.92. The molecule has 4 rings (SSSR count). The highest BCUT2D eigenvalue weighted by Gasteiger charge is 2.25. The van der Waals surface area contributed by atoms with Gasteiger partial charge < -0.3 is 10.4 Å². The summed E-state index contributed by atoms with van der Waals surface area (Å²) in [4.78, 5) is 6.77. The van der Waals surface area contributed by atoms with Gasteiger partial charge in [-0.05, 0) is 24.3 Å². The van der Waals surface area contributed by atoms with Gasteiger partial charge in [0.1, 0.15) is 10.7 Å². The first kappa shape index (κ1) is 17.3. The molecular formula is C18H16Cl2N2OS2. The summed E-state index contributed by atoms with van der Waals surface area (Å²) < 4.78 is 1.02. The number of aliphatic hydroxyl groups excluding tert-OH is 1. The molecule has 130 valence electrons. The molecule has 3 nitrogen and oxygen atoms in total. The van der Waals surface area contributed by atoms with Gasteiger partial charge in [0.15, 0.2) is 0 Å². The van der Waals surface area contributed by atoms with Gasteiger partial charge in [0.05, 0.1) is 21.5 Å². The Balaban J connectivity index is 1.71. The number of rotatable bonds is 4. The van der Waals surface area contributed by atoms with Gasteiger partial charge in [0.25, 0.3) is 0 Å². The van der Waals surface area contributed by atoms with Crippen LogP contribution in [0.5, 0.6) is 0 Å². The van der Waals surface area contributed by atoms with Crippen LogP contribution in [-0.4, -0.2) is 16.2 Å². The van der Waals surface area contributed by atoms with Gasteiger partial charge in [-0.2, -0.15) is 0 Å². The molecule has 0 aromatic carbocycles. The molecule has 0 saturated heterocycles. The number of nitrogens with zero attached hydrogens (tertiary/aromatic N) is 1. The van der Waals surface area contributed by atoms with Gasteiger partial charge in [-0.1, -0.05) is 41.4 Å². The Morgan fingerprint density at radius 1 is 1.36 bits per heavy atom. The SMILES string of the molecule is O[C@H]1C=CC[C@@H](c2sc3c(NCc4cccs4)cc(Cl)nc3c2Cl)C1. The molecule has 0 spiro atoms. The second kappa shape index (κ2) is 7.25. The molecule has 25 heavy (non-hydrogen) atoms. The maximum Gasteiger partial charge on any atom is 0.131 e. The topological polar surface area (TPSA) is 45.1 Å². The number of fused-ring (bicyclic) bond motifs is 1. The Morgan fingerprint density at radius 2 is 2.24 bits per heavy atom. The zero-order valence-corrected chi connectivity index (χ0v) is 16.4. The lowest BCUT2D eigenvalue weighted by molar-refractivity contribution is 0.196. The molecule has 0 amide bonds. The van der Waals surface area contributed by atoms with E-state index in [1.807, 2.05) is 24.3 Å². The second-order valence-corrected chi connectivity index (χ2v) is 8.90. The standard InChI is InChI=1S/C18H16Cl2N2OS2/c19-14-8-13(21-9-12-5-2-6-24-12)18-16(22-14)15(20)17(25-18)10-3-1-4-11(23)7-10/h1-2,4-6,8,10-11,23H,3,7,9H2,(H,21,22)/t10-,11+/m1/s1. The molecule has 1 aliphatic carbocycles. The minimum Gasteiger partial charge on any atom is -0.389 e. The van der Waals surface area contributed by atoms with Crippen LogP contribution >= 0.6 is 45.9 Å². The van der Waals surface area contributed by atoms with E-state index in [0.29, 0.717) is 16.6 Å². The fourth-order valence-corrected chi connectivity index (χ4v) is 5.65. The highest BCUT2D eigenvalue weighted by Crippen LogP contribution is 2.45. The number of pyridine rings is 1. The molecular weight excluding hydrogens is 395 g/mol. The van der Waals surface area contributed by atoms with Crippen LogP contribution in [0.4, 0.5) is 5.69 Å². The number of nitrogens with one attached hydrogen (secondary N) is 1. The predicted molar refractivity (Wildman–Crippen MR) is 108 cm³/mol. The molecule has 0 aliphatic heterocycles. The quantitative estimate of drug-likeness (QED) is 0.405. The Hall–Kier alpha value is -1.11. The summed E-state index contributed by atoms with van der Waals surface area (Å²) in [5.74, 6) is 0.218. The van der Waals surface area contributed by atoms with Crippen LogP contribution < -0.4 is 5.32 Å². The summed E-state index contributed by atoms with van der Waals surface area (Å²) >= 11 is 16.2. The van der Waals surface area contributed by atoms with E-state index >= 15 is 0 Å². The van der Waals surface area contributed by atoms with Crippen LogP contribution in [0.15, 0.2) is 35.7 Å². The number of halogens is 2. The van der Waals surface area contributed by atoms with Crippen molar-refractivity contribution in [1.82, 2.24) is 4.98 Å². The fourth-order valence-electron chi connectivity index (χ4n) is 3.10. The van der Waals surface area contributed by atoms with E-state index in [9.17, 15) is 5.11 Å². The van der Waals surface area contributed by atoms with E-state index in [4.69, 9.17) is 23.2 Å². The van der Waals surface area contributed by atoms with Crippen LogP contribution in [0.2, 0.25) is 10.2 Å². The molecule has 0 bridgehead atoms. The molecule has 3 aromatic rings. The third-order valence-electron chi connectivity index (χ3n) is 4.29. The Bertz CT molecular complexity index is 921. The lowest BCUT2D eigenvalue weighted by Gasteiger charge is -2.20. The Labute approximate surface area is 163 Å². The van der Waals surface area contributed by atoms with Gasteiger partial charge in [-0.3, -0.25) is 0 Å². The van der Waals surface area contributed by atoms with Crippen molar-refractivity contribution in [2.24, 2.45) is 0 Å². The zero-order chi connectivity index (χ0) is 17.4. The van der Waals surface area contributed by atoms with E-state index in [1.165, 1.54) is 4.88 Å². The van der Waals surface area contributed by atoms with Crippen LogP contribution in [0, 0.1) is 0 Å². The maximum absolute atomic E-state index is 9.92. The molecule has 0 unspecified atom stereocenters. The van der Waals surface area contributed by atoms with Gasteiger partial charge in [-0.15, -0.1) is 22.7 Å². The summed E-state index contributed by atoms with van der Waals surface area (Å²) in [6.45, 7) is 0.739. The van der Waals surface area contributed by atoms with Crippen molar-refractivity contribution < 1.29 is 5.11 Å². The summed E-state index contributed by atoms with van der Waals surface area (Å²) in [6, 6.07) is 5.99. The lowest BCUT2D eigenvalue weighted by atomic mass is 9.91. The highest BCUT2D eigenvalue weighted by atomic mass is 35.5. The number of anilines is 1. The number of allylic oxidation sites excluding steroid dienone is 1. The normalized spacial score (nSPS) is 20.3. The molecule has 0 radical (unpaired) electrons. The minimum absolute atomic E-state index is 0.218. The van der Waals surface area contributed by atoms with E-state index < -0.39 is 6.10 Å². The van der Waals surface area contributed by atoms with Crippen molar-refractivity contribution in [2.75, 3.05) is 5.32 Å².